The second-order valence-electron chi connectivity index (χ2n) is 8.61. The van der Waals surface area contributed by atoms with Crippen molar-refractivity contribution in [2.45, 2.75) is 39.2 Å². The Kier molecular flexibility index (Phi) is 7.70. The van der Waals surface area contributed by atoms with Gasteiger partial charge in [0.1, 0.15) is 11.5 Å². The summed E-state index contributed by atoms with van der Waals surface area (Å²) >= 11 is 0. The van der Waals surface area contributed by atoms with Gasteiger partial charge in [0.15, 0.2) is 0 Å². The number of carbonyl (C=O) groups excluding carboxylic acids is 1. The molecule has 1 aliphatic heterocycles. The molecule has 1 amide bonds. The number of aryl methyl sites for hydroxylation is 1. The lowest BCUT2D eigenvalue weighted by Gasteiger charge is -2.23. The van der Waals surface area contributed by atoms with Gasteiger partial charge in [0, 0.05) is 24.6 Å². The summed E-state index contributed by atoms with van der Waals surface area (Å²) in [5.41, 5.74) is 2.81. The zero-order chi connectivity index (χ0) is 24.8. The molecule has 184 valence electrons. The van der Waals surface area contributed by atoms with E-state index in [4.69, 9.17) is 13.9 Å². The third kappa shape index (κ3) is 6.01. The zero-order valence-corrected chi connectivity index (χ0v) is 20.0. The number of aliphatic carboxylic acids is 1. The number of oxazole rings is 1. The highest BCUT2D eigenvalue weighted by atomic mass is 16.6. The summed E-state index contributed by atoms with van der Waals surface area (Å²) in [6.07, 6.45) is 1.13. The Hall–Kier alpha value is -3.81. The van der Waals surface area contributed by atoms with E-state index in [-0.39, 0.29) is 19.2 Å². The van der Waals surface area contributed by atoms with Crippen molar-refractivity contribution in [1.29, 1.82) is 0 Å². The molecule has 0 saturated carbocycles. The lowest BCUT2D eigenvalue weighted by molar-refractivity contribution is -0.141. The fourth-order valence-electron chi connectivity index (χ4n) is 4.34. The number of aromatic nitrogens is 1. The van der Waals surface area contributed by atoms with Gasteiger partial charge in [-0.2, -0.15) is 0 Å². The molecule has 3 aromatic rings. The fourth-order valence-corrected chi connectivity index (χ4v) is 4.34. The van der Waals surface area contributed by atoms with Crippen molar-refractivity contribution in [3.05, 3.63) is 71.6 Å². The van der Waals surface area contributed by atoms with Crippen LogP contribution in [0.15, 0.2) is 59.0 Å². The molecular formula is C27H30N2O6. The molecule has 0 radical (unpaired) electrons. The van der Waals surface area contributed by atoms with Gasteiger partial charge in [0.25, 0.3) is 0 Å². The van der Waals surface area contributed by atoms with Crippen molar-refractivity contribution in [1.82, 2.24) is 9.88 Å². The molecule has 2 heterocycles. The Morgan fingerprint density at radius 2 is 1.89 bits per heavy atom. The number of likely N-dealkylation sites (tertiary alicyclic amines) is 1. The topological polar surface area (TPSA) is 102 Å². The summed E-state index contributed by atoms with van der Waals surface area (Å²) < 4.78 is 16.8. The maximum Gasteiger partial charge on any atom is 0.410 e. The highest BCUT2D eigenvalue weighted by Gasteiger charge is 2.39. The van der Waals surface area contributed by atoms with Crippen LogP contribution in [0.3, 0.4) is 0 Å². The maximum atomic E-state index is 12.3. The van der Waals surface area contributed by atoms with Crippen LogP contribution in [-0.2, 0) is 22.4 Å². The van der Waals surface area contributed by atoms with Gasteiger partial charge in [-0.05, 0) is 56.5 Å². The Bertz CT molecular complexity index is 1140. The normalized spacial score (nSPS) is 17.4. The SMILES string of the molecule is CCOC(=O)N1C[C@H](C(=O)O)C[C@@H]1Cc1ccc(OCCc2nc(-c3ccccc3)oc2C)cc1. The molecule has 4 rings (SSSR count). The number of carboxylic acids is 1. The molecule has 2 aromatic carbocycles. The molecule has 0 spiro atoms. The molecule has 8 heteroatoms. The van der Waals surface area contributed by atoms with Crippen molar-refractivity contribution >= 4 is 12.1 Å². The minimum absolute atomic E-state index is 0.174. The first-order valence-corrected chi connectivity index (χ1v) is 11.8. The van der Waals surface area contributed by atoms with E-state index in [0.29, 0.717) is 31.8 Å². The Morgan fingerprint density at radius 1 is 1.14 bits per heavy atom. The fraction of sp³-hybridized carbons (Fsp3) is 0.370. The van der Waals surface area contributed by atoms with Gasteiger partial charge in [-0.15, -0.1) is 0 Å². The third-order valence-electron chi connectivity index (χ3n) is 6.18. The molecule has 0 unspecified atom stereocenters. The van der Waals surface area contributed by atoms with E-state index in [1.54, 1.807) is 6.92 Å². The van der Waals surface area contributed by atoms with Crippen LogP contribution in [-0.4, -0.2) is 52.9 Å². The number of ether oxygens (including phenoxy) is 2. The monoisotopic (exact) mass is 478 g/mol. The molecule has 35 heavy (non-hydrogen) atoms. The molecule has 1 aliphatic rings. The Labute approximate surface area is 204 Å². The van der Waals surface area contributed by atoms with Crippen molar-refractivity contribution in [2.75, 3.05) is 19.8 Å². The molecule has 1 aromatic heterocycles. The van der Waals surface area contributed by atoms with Gasteiger partial charge in [0.2, 0.25) is 5.89 Å². The van der Waals surface area contributed by atoms with Crippen LogP contribution >= 0.6 is 0 Å². The number of rotatable bonds is 9. The molecule has 1 saturated heterocycles. The smallest absolute Gasteiger partial charge is 0.410 e. The summed E-state index contributed by atoms with van der Waals surface area (Å²) in [6, 6.07) is 17.2. The number of carboxylic acid groups (broad SMARTS) is 1. The first-order valence-electron chi connectivity index (χ1n) is 11.8. The number of nitrogens with zero attached hydrogens (tertiary/aromatic N) is 2. The minimum atomic E-state index is -0.885. The molecule has 2 atom stereocenters. The van der Waals surface area contributed by atoms with Gasteiger partial charge in [0.05, 0.1) is 24.8 Å². The minimum Gasteiger partial charge on any atom is -0.493 e. The van der Waals surface area contributed by atoms with Gasteiger partial charge >= 0.3 is 12.1 Å². The van der Waals surface area contributed by atoms with E-state index in [2.05, 4.69) is 4.98 Å². The molecule has 8 nitrogen and oxygen atoms in total. The van der Waals surface area contributed by atoms with E-state index in [9.17, 15) is 14.7 Å². The summed E-state index contributed by atoms with van der Waals surface area (Å²) in [7, 11) is 0. The van der Waals surface area contributed by atoms with Gasteiger partial charge in [-0.3, -0.25) is 4.79 Å². The summed E-state index contributed by atoms with van der Waals surface area (Å²) in [4.78, 5) is 29.9. The van der Waals surface area contributed by atoms with Crippen LogP contribution in [0.25, 0.3) is 11.5 Å². The quantitative estimate of drug-likeness (QED) is 0.474. The van der Waals surface area contributed by atoms with E-state index in [1.165, 1.54) is 4.90 Å². The highest BCUT2D eigenvalue weighted by molar-refractivity contribution is 5.74. The second kappa shape index (κ2) is 11.1. The van der Waals surface area contributed by atoms with Crippen molar-refractivity contribution in [3.8, 4) is 17.2 Å². The van der Waals surface area contributed by atoms with Gasteiger partial charge in [-0.1, -0.05) is 30.3 Å². The molecular weight excluding hydrogens is 448 g/mol. The van der Waals surface area contributed by atoms with Gasteiger partial charge in [-0.25, -0.2) is 9.78 Å². The zero-order valence-electron chi connectivity index (χ0n) is 20.0. The maximum absolute atomic E-state index is 12.3. The largest absolute Gasteiger partial charge is 0.493 e. The lowest BCUT2D eigenvalue weighted by Crippen LogP contribution is -2.37. The second-order valence-corrected chi connectivity index (χ2v) is 8.61. The van der Waals surface area contributed by atoms with E-state index < -0.39 is 18.0 Å². The van der Waals surface area contributed by atoms with Gasteiger partial charge < -0.3 is 23.9 Å². The highest BCUT2D eigenvalue weighted by Crippen LogP contribution is 2.28. The number of amides is 1. The standard InChI is InChI=1S/C27H30N2O6/c1-3-33-27(32)29-17-21(26(30)31)16-22(29)15-19-9-11-23(12-10-19)34-14-13-24-18(2)35-25(28-24)20-7-5-4-6-8-20/h4-12,21-22H,3,13-17H2,1-2H3,(H,30,31)/t21-,22+/m1/s1. The summed E-state index contributed by atoms with van der Waals surface area (Å²) in [6.45, 7) is 4.53. The van der Waals surface area contributed by atoms with E-state index in [0.717, 1.165) is 28.3 Å². The van der Waals surface area contributed by atoms with Crippen LogP contribution in [0, 0.1) is 12.8 Å². The molecule has 0 aliphatic carbocycles. The van der Waals surface area contributed by atoms with E-state index >= 15 is 0 Å². The first-order chi connectivity index (χ1) is 16.9. The Balaban J connectivity index is 1.32. The number of hydrogen-bond acceptors (Lipinski definition) is 6. The number of carbonyl (C=O) groups is 2. The Morgan fingerprint density at radius 3 is 2.57 bits per heavy atom. The predicted octanol–water partition coefficient (Wildman–Crippen LogP) is 4.75. The predicted molar refractivity (Wildman–Crippen MR) is 129 cm³/mol. The van der Waals surface area contributed by atoms with Crippen LogP contribution in [0.1, 0.15) is 30.4 Å². The molecule has 0 bridgehead atoms. The van der Waals surface area contributed by atoms with Crippen LogP contribution < -0.4 is 4.74 Å². The lowest BCUT2D eigenvalue weighted by atomic mass is 10.00. The average molecular weight is 479 g/mol. The van der Waals surface area contributed by atoms with Crippen LogP contribution in [0.5, 0.6) is 5.75 Å². The number of benzene rings is 2. The molecule has 1 fully saturated rings. The average Bonchev–Trinajstić information content (AvgIpc) is 3.45. The first kappa shape index (κ1) is 24.3. The van der Waals surface area contributed by atoms with Crippen molar-refractivity contribution in [3.63, 3.8) is 0 Å². The number of hydrogen-bond donors (Lipinski definition) is 1. The van der Waals surface area contributed by atoms with E-state index in [1.807, 2.05) is 61.5 Å². The third-order valence-corrected chi connectivity index (χ3v) is 6.18. The summed E-state index contributed by atoms with van der Waals surface area (Å²) in [5.74, 6) is 0.662. The van der Waals surface area contributed by atoms with Crippen LogP contribution in [0.2, 0.25) is 0 Å². The summed E-state index contributed by atoms with van der Waals surface area (Å²) in [5, 5.41) is 9.40. The van der Waals surface area contributed by atoms with Crippen molar-refractivity contribution in [2.24, 2.45) is 5.92 Å². The molecule has 1 N–H and O–H groups in total. The van der Waals surface area contributed by atoms with Crippen LogP contribution in [0.4, 0.5) is 4.79 Å². The van der Waals surface area contributed by atoms with Crippen molar-refractivity contribution < 1.29 is 28.6 Å².